The predicted molar refractivity (Wildman–Crippen MR) is 98.9 cm³/mol. The standard InChI is InChI=1S/C19H17N5O4/c1-2-27-14(25)9-23-12-5-3-4-6-13(12)24-10-20-15(16(24)19(23)26)17-21-18(28-22-17)11-7-8-11/h3-6,10-11H,2,7-9H2,1H3. The minimum absolute atomic E-state index is 0.187. The van der Waals surface area contributed by atoms with E-state index < -0.39 is 5.97 Å². The molecule has 1 aromatic carbocycles. The molecule has 142 valence electrons. The summed E-state index contributed by atoms with van der Waals surface area (Å²) in [5.41, 5.74) is 1.63. The SMILES string of the molecule is CCOC(=O)Cn1c(=O)c2c(-c3noc(C4CC4)n3)ncn2c2ccccc21. The predicted octanol–water partition coefficient (Wildman–Crippen LogP) is 2.14. The summed E-state index contributed by atoms with van der Waals surface area (Å²) in [4.78, 5) is 34.2. The van der Waals surface area contributed by atoms with Gasteiger partial charge in [0.25, 0.3) is 5.56 Å². The molecular formula is C19H17N5O4. The van der Waals surface area contributed by atoms with Crippen molar-refractivity contribution in [3.05, 3.63) is 46.8 Å². The largest absolute Gasteiger partial charge is 0.465 e. The summed E-state index contributed by atoms with van der Waals surface area (Å²) in [6.45, 7) is 1.79. The molecule has 0 N–H and O–H groups in total. The van der Waals surface area contributed by atoms with Gasteiger partial charge in [-0.15, -0.1) is 0 Å². The van der Waals surface area contributed by atoms with E-state index in [1.807, 2.05) is 18.2 Å². The molecule has 0 bridgehead atoms. The summed E-state index contributed by atoms with van der Waals surface area (Å²) < 4.78 is 13.5. The molecule has 3 aromatic heterocycles. The Hall–Kier alpha value is -3.49. The second-order valence-electron chi connectivity index (χ2n) is 6.73. The first-order valence-corrected chi connectivity index (χ1v) is 9.15. The second-order valence-corrected chi connectivity index (χ2v) is 6.73. The summed E-state index contributed by atoms with van der Waals surface area (Å²) in [5, 5.41) is 4.01. The summed E-state index contributed by atoms with van der Waals surface area (Å²) in [5.74, 6) is 0.676. The number of nitrogens with zero attached hydrogens (tertiary/aromatic N) is 5. The van der Waals surface area contributed by atoms with Crippen LogP contribution in [-0.4, -0.2) is 36.7 Å². The van der Waals surface area contributed by atoms with Crippen molar-refractivity contribution in [1.29, 1.82) is 0 Å². The number of imidazole rings is 1. The van der Waals surface area contributed by atoms with Gasteiger partial charge in [0.2, 0.25) is 11.7 Å². The number of rotatable bonds is 5. The molecule has 9 heteroatoms. The molecule has 0 amide bonds. The minimum Gasteiger partial charge on any atom is -0.465 e. The van der Waals surface area contributed by atoms with Gasteiger partial charge in [0.15, 0.2) is 0 Å². The van der Waals surface area contributed by atoms with Crippen LogP contribution in [0, 0.1) is 0 Å². The Kier molecular flexibility index (Phi) is 3.75. The minimum atomic E-state index is -0.476. The molecule has 9 nitrogen and oxygen atoms in total. The normalized spacial score (nSPS) is 14.0. The average Bonchev–Trinajstić information content (AvgIpc) is 3.26. The van der Waals surface area contributed by atoms with Gasteiger partial charge in [-0.3, -0.25) is 18.6 Å². The Balaban J connectivity index is 1.74. The van der Waals surface area contributed by atoms with Crippen LogP contribution in [0.25, 0.3) is 28.1 Å². The molecule has 1 aliphatic rings. The van der Waals surface area contributed by atoms with E-state index in [1.165, 1.54) is 4.57 Å². The quantitative estimate of drug-likeness (QED) is 0.489. The van der Waals surface area contributed by atoms with E-state index in [-0.39, 0.29) is 24.5 Å². The van der Waals surface area contributed by atoms with Gasteiger partial charge in [0, 0.05) is 5.92 Å². The molecule has 0 saturated heterocycles. The third-order valence-electron chi connectivity index (χ3n) is 4.82. The molecule has 0 atom stereocenters. The molecular weight excluding hydrogens is 362 g/mol. The number of ether oxygens (including phenoxy) is 1. The number of esters is 1. The van der Waals surface area contributed by atoms with Crippen LogP contribution in [0.1, 0.15) is 31.6 Å². The smallest absolute Gasteiger partial charge is 0.326 e. The molecule has 4 aromatic rings. The van der Waals surface area contributed by atoms with Crippen molar-refractivity contribution in [3.63, 3.8) is 0 Å². The maximum atomic E-state index is 13.3. The Morgan fingerprint density at radius 1 is 1.29 bits per heavy atom. The zero-order valence-electron chi connectivity index (χ0n) is 15.2. The topological polar surface area (TPSA) is 105 Å². The van der Waals surface area contributed by atoms with Crippen LogP contribution in [0.4, 0.5) is 0 Å². The first kappa shape index (κ1) is 16.7. The van der Waals surface area contributed by atoms with Crippen LogP contribution < -0.4 is 5.56 Å². The molecule has 0 radical (unpaired) electrons. The third kappa shape index (κ3) is 2.58. The van der Waals surface area contributed by atoms with Crippen molar-refractivity contribution in [2.45, 2.75) is 32.2 Å². The molecule has 1 saturated carbocycles. The zero-order chi connectivity index (χ0) is 19.3. The van der Waals surface area contributed by atoms with E-state index in [1.54, 1.807) is 23.7 Å². The third-order valence-corrected chi connectivity index (χ3v) is 4.82. The number of hydrogen-bond donors (Lipinski definition) is 0. The number of para-hydroxylation sites is 2. The number of aromatic nitrogens is 5. The first-order chi connectivity index (χ1) is 13.7. The fourth-order valence-corrected chi connectivity index (χ4v) is 3.35. The Morgan fingerprint density at radius 3 is 2.82 bits per heavy atom. The van der Waals surface area contributed by atoms with E-state index >= 15 is 0 Å². The maximum Gasteiger partial charge on any atom is 0.326 e. The Labute approximate surface area is 158 Å². The van der Waals surface area contributed by atoms with E-state index in [9.17, 15) is 9.59 Å². The van der Waals surface area contributed by atoms with Gasteiger partial charge in [-0.2, -0.15) is 4.98 Å². The molecule has 1 fully saturated rings. The zero-order valence-corrected chi connectivity index (χ0v) is 15.2. The molecule has 0 unspecified atom stereocenters. The number of carbonyl (C=O) groups is 1. The molecule has 1 aliphatic carbocycles. The fraction of sp³-hybridized carbons (Fsp3) is 0.316. The van der Waals surface area contributed by atoms with Crippen molar-refractivity contribution >= 4 is 22.5 Å². The van der Waals surface area contributed by atoms with E-state index in [0.717, 1.165) is 18.4 Å². The molecule has 28 heavy (non-hydrogen) atoms. The Bertz CT molecular complexity index is 1260. The van der Waals surface area contributed by atoms with Crippen LogP contribution >= 0.6 is 0 Å². The number of hydrogen-bond acceptors (Lipinski definition) is 7. The van der Waals surface area contributed by atoms with E-state index in [2.05, 4.69) is 15.1 Å². The van der Waals surface area contributed by atoms with Gasteiger partial charge in [0.1, 0.15) is 24.1 Å². The number of carbonyl (C=O) groups excluding carboxylic acids is 1. The highest BCUT2D eigenvalue weighted by Crippen LogP contribution is 2.39. The second kappa shape index (κ2) is 6.29. The van der Waals surface area contributed by atoms with Gasteiger partial charge in [0.05, 0.1) is 17.6 Å². The van der Waals surface area contributed by atoms with Crippen LogP contribution in [0.3, 0.4) is 0 Å². The molecule has 0 aliphatic heterocycles. The summed E-state index contributed by atoms with van der Waals surface area (Å²) >= 11 is 0. The lowest BCUT2D eigenvalue weighted by atomic mass is 10.2. The van der Waals surface area contributed by atoms with Crippen LogP contribution in [0.2, 0.25) is 0 Å². The average molecular weight is 379 g/mol. The number of fused-ring (bicyclic) bond motifs is 3. The number of benzene rings is 1. The van der Waals surface area contributed by atoms with Crippen molar-refractivity contribution < 1.29 is 14.1 Å². The molecule has 5 rings (SSSR count). The van der Waals surface area contributed by atoms with Crippen molar-refractivity contribution in [3.8, 4) is 11.5 Å². The van der Waals surface area contributed by atoms with Gasteiger partial charge in [-0.1, -0.05) is 17.3 Å². The molecule has 0 spiro atoms. The lowest BCUT2D eigenvalue weighted by Crippen LogP contribution is -2.27. The lowest BCUT2D eigenvalue weighted by molar-refractivity contribution is -0.143. The summed E-state index contributed by atoms with van der Waals surface area (Å²) in [7, 11) is 0. The van der Waals surface area contributed by atoms with Gasteiger partial charge >= 0.3 is 5.97 Å². The van der Waals surface area contributed by atoms with E-state index in [4.69, 9.17) is 9.26 Å². The highest BCUT2D eigenvalue weighted by molar-refractivity contribution is 5.84. The fourth-order valence-electron chi connectivity index (χ4n) is 3.35. The summed E-state index contributed by atoms with van der Waals surface area (Å²) in [6, 6.07) is 7.32. The lowest BCUT2D eigenvalue weighted by Gasteiger charge is -2.11. The monoisotopic (exact) mass is 379 g/mol. The summed E-state index contributed by atoms with van der Waals surface area (Å²) in [6.07, 6.45) is 3.63. The van der Waals surface area contributed by atoms with Crippen molar-refractivity contribution in [1.82, 2.24) is 24.1 Å². The van der Waals surface area contributed by atoms with Crippen molar-refractivity contribution in [2.24, 2.45) is 0 Å². The van der Waals surface area contributed by atoms with Gasteiger partial charge < -0.3 is 9.26 Å². The maximum absolute atomic E-state index is 13.3. The molecule has 3 heterocycles. The van der Waals surface area contributed by atoms with Crippen molar-refractivity contribution in [2.75, 3.05) is 6.61 Å². The van der Waals surface area contributed by atoms with E-state index in [0.29, 0.717) is 28.5 Å². The highest BCUT2D eigenvalue weighted by atomic mass is 16.5. The first-order valence-electron chi connectivity index (χ1n) is 9.15. The van der Waals surface area contributed by atoms with Crippen LogP contribution in [0.5, 0.6) is 0 Å². The Morgan fingerprint density at radius 2 is 2.07 bits per heavy atom. The van der Waals surface area contributed by atoms with Gasteiger partial charge in [-0.25, -0.2) is 4.98 Å². The highest BCUT2D eigenvalue weighted by Gasteiger charge is 2.31. The van der Waals surface area contributed by atoms with Gasteiger partial charge in [-0.05, 0) is 31.9 Å². The van der Waals surface area contributed by atoms with Crippen LogP contribution in [-0.2, 0) is 16.1 Å². The van der Waals surface area contributed by atoms with Crippen LogP contribution in [0.15, 0.2) is 39.9 Å².